The topological polar surface area (TPSA) is 67.9 Å². The Bertz CT molecular complexity index is 543. The van der Waals surface area contributed by atoms with Gasteiger partial charge in [0.2, 0.25) is 0 Å². The van der Waals surface area contributed by atoms with Crippen LogP contribution >= 0.6 is 0 Å². The number of rotatable bonds is 4. The minimum absolute atomic E-state index is 0.00896. The van der Waals surface area contributed by atoms with E-state index >= 15 is 0 Å². The van der Waals surface area contributed by atoms with Crippen molar-refractivity contribution < 1.29 is 19.1 Å². The predicted octanol–water partition coefficient (Wildman–Crippen LogP) is 1.45. The number of hydrogen-bond acceptors (Lipinski definition) is 4. The average molecular weight is 320 g/mol. The summed E-state index contributed by atoms with van der Waals surface area (Å²) in [7, 11) is 0. The van der Waals surface area contributed by atoms with E-state index in [0.29, 0.717) is 37.6 Å². The van der Waals surface area contributed by atoms with Gasteiger partial charge in [0.05, 0.1) is 13.2 Å². The lowest BCUT2D eigenvalue weighted by Gasteiger charge is -2.26. The van der Waals surface area contributed by atoms with Crippen LogP contribution in [0.2, 0.25) is 0 Å². The molecule has 1 fully saturated rings. The molecular formula is C17H24N2O4. The van der Waals surface area contributed by atoms with Gasteiger partial charge >= 0.3 is 0 Å². The molecule has 2 rings (SSSR count). The summed E-state index contributed by atoms with van der Waals surface area (Å²) in [6, 6.07) is 6.85. The van der Waals surface area contributed by atoms with Gasteiger partial charge in [0.15, 0.2) is 6.61 Å². The first-order valence-corrected chi connectivity index (χ1v) is 7.76. The van der Waals surface area contributed by atoms with E-state index in [4.69, 9.17) is 9.47 Å². The fraction of sp³-hybridized carbons (Fsp3) is 0.529. The van der Waals surface area contributed by atoms with E-state index in [-0.39, 0.29) is 24.0 Å². The molecule has 0 atom stereocenters. The van der Waals surface area contributed by atoms with Crippen LogP contribution in [-0.2, 0) is 9.53 Å². The molecule has 6 nitrogen and oxygen atoms in total. The molecule has 0 saturated carbocycles. The molecule has 0 bridgehead atoms. The van der Waals surface area contributed by atoms with Crippen LogP contribution in [0.1, 0.15) is 31.1 Å². The molecule has 1 aromatic rings. The molecule has 23 heavy (non-hydrogen) atoms. The first-order valence-electron chi connectivity index (χ1n) is 7.76. The summed E-state index contributed by atoms with van der Waals surface area (Å²) in [4.78, 5) is 25.8. The summed E-state index contributed by atoms with van der Waals surface area (Å²) in [5.74, 6) is 0.379. The molecule has 0 unspecified atom stereocenters. The second kappa shape index (κ2) is 7.46. The van der Waals surface area contributed by atoms with Crippen LogP contribution in [0.15, 0.2) is 24.3 Å². The maximum Gasteiger partial charge on any atom is 0.258 e. The summed E-state index contributed by atoms with van der Waals surface area (Å²) in [6.07, 6.45) is 0. The minimum atomic E-state index is -0.283. The highest BCUT2D eigenvalue weighted by molar-refractivity contribution is 5.94. The van der Waals surface area contributed by atoms with Gasteiger partial charge in [0.25, 0.3) is 11.8 Å². The van der Waals surface area contributed by atoms with Crippen LogP contribution in [0.5, 0.6) is 5.75 Å². The molecule has 0 spiro atoms. The van der Waals surface area contributed by atoms with Gasteiger partial charge in [-0.2, -0.15) is 0 Å². The number of ether oxygens (including phenoxy) is 2. The number of carbonyl (C=O) groups is 2. The van der Waals surface area contributed by atoms with E-state index in [2.05, 4.69) is 5.32 Å². The quantitative estimate of drug-likeness (QED) is 0.912. The van der Waals surface area contributed by atoms with Crippen molar-refractivity contribution in [3.63, 3.8) is 0 Å². The molecule has 0 radical (unpaired) electrons. The first-order chi connectivity index (χ1) is 10.8. The molecular weight excluding hydrogens is 296 g/mol. The molecule has 0 aromatic heterocycles. The Labute approximate surface area is 136 Å². The second-order valence-electron chi connectivity index (χ2n) is 6.52. The van der Waals surface area contributed by atoms with Crippen molar-refractivity contribution in [3.8, 4) is 5.75 Å². The zero-order chi connectivity index (χ0) is 16.9. The van der Waals surface area contributed by atoms with Crippen LogP contribution in [0, 0.1) is 0 Å². The molecule has 1 saturated heterocycles. The Morgan fingerprint density at radius 3 is 2.35 bits per heavy atom. The fourth-order valence-electron chi connectivity index (χ4n) is 2.25. The van der Waals surface area contributed by atoms with E-state index in [0.717, 1.165) is 0 Å². The molecule has 126 valence electrons. The summed E-state index contributed by atoms with van der Waals surface area (Å²) in [6.45, 7) is 8.08. The van der Waals surface area contributed by atoms with Crippen LogP contribution in [-0.4, -0.2) is 55.2 Å². The molecule has 1 heterocycles. The van der Waals surface area contributed by atoms with Crippen molar-refractivity contribution in [1.29, 1.82) is 0 Å². The smallest absolute Gasteiger partial charge is 0.258 e. The summed E-state index contributed by atoms with van der Waals surface area (Å²) >= 11 is 0. The molecule has 1 N–H and O–H groups in total. The summed E-state index contributed by atoms with van der Waals surface area (Å²) in [5, 5.41) is 2.83. The number of carbonyl (C=O) groups excluding carboxylic acids is 2. The Kier molecular flexibility index (Phi) is 5.60. The Morgan fingerprint density at radius 1 is 1.17 bits per heavy atom. The summed E-state index contributed by atoms with van der Waals surface area (Å²) in [5.41, 5.74) is 0.327. The minimum Gasteiger partial charge on any atom is -0.484 e. The third kappa shape index (κ3) is 5.56. The van der Waals surface area contributed by atoms with E-state index in [1.165, 1.54) is 0 Å². The SMILES string of the molecule is CC(C)(C)NC(=O)COc1ccc(C(=O)N2CCOCC2)cc1. The zero-order valence-electron chi connectivity index (χ0n) is 13.9. The molecule has 0 aliphatic carbocycles. The van der Waals surface area contributed by atoms with E-state index in [1.807, 2.05) is 20.8 Å². The lowest BCUT2D eigenvalue weighted by atomic mass is 10.1. The number of hydrogen-bond donors (Lipinski definition) is 1. The lowest BCUT2D eigenvalue weighted by molar-refractivity contribution is -0.124. The van der Waals surface area contributed by atoms with Gasteiger partial charge in [-0.25, -0.2) is 0 Å². The van der Waals surface area contributed by atoms with Gasteiger partial charge in [-0.3, -0.25) is 9.59 Å². The maximum atomic E-state index is 12.3. The van der Waals surface area contributed by atoms with Crippen molar-refractivity contribution in [2.24, 2.45) is 0 Å². The monoisotopic (exact) mass is 320 g/mol. The highest BCUT2D eigenvalue weighted by atomic mass is 16.5. The second-order valence-corrected chi connectivity index (χ2v) is 6.52. The van der Waals surface area contributed by atoms with Gasteiger partial charge in [0, 0.05) is 24.2 Å². The number of morpholine rings is 1. The van der Waals surface area contributed by atoms with Gasteiger partial charge in [0.1, 0.15) is 5.75 Å². The van der Waals surface area contributed by atoms with Crippen LogP contribution in [0.25, 0.3) is 0 Å². The van der Waals surface area contributed by atoms with Crippen LogP contribution < -0.4 is 10.1 Å². The molecule has 1 aliphatic heterocycles. The number of nitrogens with one attached hydrogen (secondary N) is 1. The predicted molar refractivity (Wildman–Crippen MR) is 86.6 cm³/mol. The highest BCUT2D eigenvalue weighted by Gasteiger charge is 2.18. The standard InChI is InChI=1S/C17H24N2O4/c1-17(2,3)18-15(20)12-23-14-6-4-13(5-7-14)16(21)19-8-10-22-11-9-19/h4-7H,8-12H2,1-3H3,(H,18,20). The Hall–Kier alpha value is -2.08. The molecule has 1 aromatic carbocycles. The van der Waals surface area contributed by atoms with Gasteiger partial charge in [-0.1, -0.05) is 0 Å². The molecule has 1 aliphatic rings. The Balaban J connectivity index is 1.86. The maximum absolute atomic E-state index is 12.3. The Morgan fingerprint density at radius 2 is 1.78 bits per heavy atom. The highest BCUT2D eigenvalue weighted by Crippen LogP contribution is 2.14. The van der Waals surface area contributed by atoms with Crippen molar-refractivity contribution in [3.05, 3.63) is 29.8 Å². The van der Waals surface area contributed by atoms with Crippen molar-refractivity contribution in [2.45, 2.75) is 26.3 Å². The molecule has 2 amide bonds. The van der Waals surface area contributed by atoms with E-state index < -0.39 is 0 Å². The van der Waals surface area contributed by atoms with Crippen molar-refractivity contribution in [2.75, 3.05) is 32.9 Å². The number of benzene rings is 1. The molecule has 6 heteroatoms. The third-order valence-corrected chi connectivity index (χ3v) is 3.28. The normalized spacial score (nSPS) is 15.2. The largest absolute Gasteiger partial charge is 0.484 e. The van der Waals surface area contributed by atoms with Gasteiger partial charge in [-0.05, 0) is 45.0 Å². The lowest BCUT2D eigenvalue weighted by Crippen LogP contribution is -2.43. The summed E-state index contributed by atoms with van der Waals surface area (Å²) < 4.78 is 10.7. The van der Waals surface area contributed by atoms with Crippen molar-refractivity contribution in [1.82, 2.24) is 10.2 Å². The zero-order valence-corrected chi connectivity index (χ0v) is 13.9. The van der Waals surface area contributed by atoms with E-state index in [1.54, 1.807) is 29.2 Å². The van der Waals surface area contributed by atoms with Crippen LogP contribution in [0.3, 0.4) is 0 Å². The van der Waals surface area contributed by atoms with E-state index in [9.17, 15) is 9.59 Å². The van der Waals surface area contributed by atoms with Crippen LogP contribution in [0.4, 0.5) is 0 Å². The van der Waals surface area contributed by atoms with Gasteiger partial charge in [-0.15, -0.1) is 0 Å². The van der Waals surface area contributed by atoms with Crippen molar-refractivity contribution >= 4 is 11.8 Å². The number of nitrogens with zero attached hydrogens (tertiary/aromatic N) is 1. The first kappa shape index (κ1) is 17.3. The van der Waals surface area contributed by atoms with Gasteiger partial charge < -0.3 is 19.7 Å². The fourth-order valence-corrected chi connectivity index (χ4v) is 2.25. The number of amides is 2. The third-order valence-electron chi connectivity index (χ3n) is 3.28. The average Bonchev–Trinajstić information content (AvgIpc) is 2.52.